The predicted octanol–water partition coefficient (Wildman–Crippen LogP) is 2.09. The summed E-state index contributed by atoms with van der Waals surface area (Å²) in [7, 11) is 0. The maximum Gasteiger partial charge on any atom is 0.229 e. The summed E-state index contributed by atoms with van der Waals surface area (Å²) >= 11 is 0. The fourth-order valence-corrected chi connectivity index (χ4v) is 1.70. The van der Waals surface area contributed by atoms with Crippen LogP contribution in [0.25, 0.3) is 0 Å². The smallest absolute Gasteiger partial charge is 0.229 e. The first-order chi connectivity index (χ1) is 7.70. The van der Waals surface area contributed by atoms with Gasteiger partial charge in [-0.15, -0.1) is 0 Å². The van der Waals surface area contributed by atoms with E-state index in [2.05, 4.69) is 4.98 Å². The van der Waals surface area contributed by atoms with Crippen LogP contribution >= 0.6 is 0 Å². The number of halogens is 1. The fraction of sp³-hybridized carbons (Fsp3) is 0.500. The van der Waals surface area contributed by atoms with Crippen LogP contribution in [0, 0.1) is 0 Å². The molecule has 1 aliphatic carbocycles. The molecule has 0 saturated heterocycles. The molecule has 0 atom stereocenters. The first-order valence-electron chi connectivity index (χ1n) is 5.51. The molecular weight excluding hydrogens is 207 g/mol. The molecule has 1 saturated carbocycles. The maximum absolute atomic E-state index is 12.6. The second-order valence-corrected chi connectivity index (χ2v) is 3.59. The number of aromatic nitrogens is 1. The van der Waals surface area contributed by atoms with Gasteiger partial charge in [-0.25, -0.2) is 4.39 Å². The molecule has 1 amide bonds. The molecule has 1 fully saturated rings. The second kappa shape index (κ2) is 5.05. The number of alkyl halides is 1. The van der Waals surface area contributed by atoms with Crippen LogP contribution in [0.1, 0.15) is 37.9 Å². The number of carbonyl (C=O) groups is 1. The van der Waals surface area contributed by atoms with Crippen LogP contribution in [-0.2, 0) is 16.9 Å². The van der Waals surface area contributed by atoms with Gasteiger partial charge in [0, 0.05) is 11.8 Å². The molecule has 2 N–H and O–H groups in total. The Morgan fingerprint density at radius 2 is 2.19 bits per heavy atom. The van der Waals surface area contributed by atoms with Gasteiger partial charge in [0.25, 0.3) is 0 Å². The zero-order valence-electron chi connectivity index (χ0n) is 9.66. The van der Waals surface area contributed by atoms with E-state index in [4.69, 9.17) is 5.73 Å². The molecule has 0 bridgehead atoms. The Balaban J connectivity index is 0.000000606. The van der Waals surface area contributed by atoms with E-state index >= 15 is 0 Å². The highest BCUT2D eigenvalue weighted by atomic mass is 19.1. The quantitative estimate of drug-likeness (QED) is 0.854. The van der Waals surface area contributed by atoms with E-state index in [1.165, 1.54) is 0 Å². The van der Waals surface area contributed by atoms with Crippen LogP contribution in [0.4, 0.5) is 4.39 Å². The number of hydrogen-bond donors (Lipinski definition) is 1. The highest BCUT2D eigenvalue weighted by Gasteiger charge is 2.52. The van der Waals surface area contributed by atoms with Gasteiger partial charge >= 0.3 is 0 Å². The van der Waals surface area contributed by atoms with Gasteiger partial charge in [-0.1, -0.05) is 19.9 Å². The van der Waals surface area contributed by atoms with E-state index in [-0.39, 0.29) is 0 Å². The SMILES string of the molecule is CC.NC(=O)C1(c2ncccc2CF)CC1. The molecule has 0 radical (unpaired) electrons. The Bertz CT molecular complexity index is 375. The molecular formula is C12H17FN2O. The second-order valence-electron chi connectivity index (χ2n) is 3.59. The van der Waals surface area contributed by atoms with E-state index in [9.17, 15) is 9.18 Å². The van der Waals surface area contributed by atoms with Crippen molar-refractivity contribution in [1.29, 1.82) is 0 Å². The van der Waals surface area contributed by atoms with Gasteiger partial charge in [-0.2, -0.15) is 0 Å². The Kier molecular flexibility index (Phi) is 3.99. The summed E-state index contributed by atoms with van der Waals surface area (Å²) in [6.07, 6.45) is 2.94. The largest absolute Gasteiger partial charge is 0.369 e. The zero-order chi connectivity index (χ0) is 12.2. The van der Waals surface area contributed by atoms with Crippen molar-refractivity contribution >= 4 is 5.91 Å². The molecule has 1 heterocycles. The van der Waals surface area contributed by atoms with Crippen molar-refractivity contribution in [2.75, 3.05) is 0 Å². The van der Waals surface area contributed by atoms with E-state index in [1.807, 2.05) is 13.8 Å². The Morgan fingerprint density at radius 3 is 2.62 bits per heavy atom. The number of carbonyl (C=O) groups excluding carboxylic acids is 1. The molecule has 0 spiro atoms. The average Bonchev–Trinajstić information content (AvgIpc) is 3.13. The third-order valence-electron chi connectivity index (χ3n) is 2.71. The van der Waals surface area contributed by atoms with Crippen molar-refractivity contribution < 1.29 is 9.18 Å². The third kappa shape index (κ3) is 2.05. The number of nitrogens with two attached hydrogens (primary N) is 1. The first kappa shape index (κ1) is 12.6. The number of rotatable bonds is 3. The molecule has 1 aromatic heterocycles. The normalized spacial score (nSPS) is 15.9. The Hall–Kier alpha value is -1.45. The highest BCUT2D eigenvalue weighted by Crippen LogP contribution is 2.48. The molecule has 4 heteroatoms. The van der Waals surface area contributed by atoms with Crippen molar-refractivity contribution in [2.45, 2.75) is 38.8 Å². The minimum atomic E-state index is -0.678. The molecule has 88 valence electrons. The van der Waals surface area contributed by atoms with Gasteiger partial charge in [0.1, 0.15) is 6.67 Å². The lowest BCUT2D eigenvalue weighted by Gasteiger charge is -2.12. The lowest BCUT2D eigenvalue weighted by Crippen LogP contribution is -2.30. The van der Waals surface area contributed by atoms with Gasteiger partial charge in [0.05, 0.1) is 11.1 Å². The van der Waals surface area contributed by atoms with Crippen LogP contribution in [0.2, 0.25) is 0 Å². The number of primary amides is 1. The Morgan fingerprint density at radius 1 is 1.56 bits per heavy atom. The number of pyridine rings is 1. The lowest BCUT2D eigenvalue weighted by atomic mass is 9.97. The Labute approximate surface area is 94.9 Å². The fourth-order valence-electron chi connectivity index (χ4n) is 1.70. The van der Waals surface area contributed by atoms with Crippen molar-refractivity contribution in [3.8, 4) is 0 Å². The molecule has 0 aromatic carbocycles. The summed E-state index contributed by atoms with van der Waals surface area (Å²) in [6.45, 7) is 3.40. The van der Waals surface area contributed by atoms with E-state index in [0.29, 0.717) is 24.1 Å². The molecule has 0 aliphatic heterocycles. The van der Waals surface area contributed by atoms with Gasteiger partial charge in [0.2, 0.25) is 5.91 Å². The molecule has 3 nitrogen and oxygen atoms in total. The van der Waals surface area contributed by atoms with Gasteiger partial charge < -0.3 is 5.73 Å². The van der Waals surface area contributed by atoms with Crippen molar-refractivity contribution in [2.24, 2.45) is 5.73 Å². The van der Waals surface area contributed by atoms with Crippen molar-refractivity contribution in [3.63, 3.8) is 0 Å². The highest BCUT2D eigenvalue weighted by molar-refractivity contribution is 5.89. The van der Waals surface area contributed by atoms with E-state index in [1.54, 1.807) is 18.3 Å². The van der Waals surface area contributed by atoms with Crippen LogP contribution in [0.5, 0.6) is 0 Å². The number of hydrogen-bond acceptors (Lipinski definition) is 2. The zero-order valence-corrected chi connectivity index (χ0v) is 9.66. The van der Waals surface area contributed by atoms with Crippen LogP contribution in [0.15, 0.2) is 18.3 Å². The average molecular weight is 224 g/mol. The summed E-state index contributed by atoms with van der Waals surface area (Å²) in [6, 6.07) is 3.31. The summed E-state index contributed by atoms with van der Waals surface area (Å²) in [4.78, 5) is 15.3. The van der Waals surface area contributed by atoms with E-state index < -0.39 is 18.0 Å². The lowest BCUT2D eigenvalue weighted by molar-refractivity contribution is -0.120. The summed E-state index contributed by atoms with van der Waals surface area (Å²) in [5.74, 6) is -0.397. The summed E-state index contributed by atoms with van der Waals surface area (Å²) in [5.41, 5.74) is 5.61. The predicted molar refractivity (Wildman–Crippen MR) is 60.5 cm³/mol. The minimum absolute atomic E-state index is 0.397. The molecule has 0 unspecified atom stereocenters. The standard InChI is InChI=1S/C10H11FN2O.C2H6/c11-6-7-2-1-5-13-8(7)10(3-4-10)9(12)14;1-2/h1-2,5H,3-4,6H2,(H2,12,14);1-2H3. The molecule has 16 heavy (non-hydrogen) atoms. The first-order valence-corrected chi connectivity index (χ1v) is 5.51. The number of amides is 1. The van der Waals surface area contributed by atoms with Gasteiger partial charge in [0.15, 0.2) is 0 Å². The molecule has 2 rings (SSSR count). The third-order valence-corrected chi connectivity index (χ3v) is 2.71. The molecule has 1 aromatic rings. The van der Waals surface area contributed by atoms with Crippen molar-refractivity contribution in [3.05, 3.63) is 29.6 Å². The minimum Gasteiger partial charge on any atom is -0.369 e. The monoisotopic (exact) mass is 224 g/mol. The van der Waals surface area contributed by atoms with Crippen LogP contribution < -0.4 is 5.73 Å². The topological polar surface area (TPSA) is 56.0 Å². The molecule has 1 aliphatic rings. The number of nitrogens with zero attached hydrogens (tertiary/aromatic N) is 1. The summed E-state index contributed by atoms with van der Waals surface area (Å²) < 4.78 is 12.6. The maximum atomic E-state index is 12.6. The van der Waals surface area contributed by atoms with Crippen LogP contribution in [0.3, 0.4) is 0 Å². The van der Waals surface area contributed by atoms with Gasteiger partial charge in [-0.3, -0.25) is 9.78 Å². The van der Waals surface area contributed by atoms with Crippen LogP contribution in [-0.4, -0.2) is 10.9 Å². The summed E-state index contributed by atoms with van der Waals surface area (Å²) in [5, 5.41) is 0. The van der Waals surface area contributed by atoms with E-state index in [0.717, 1.165) is 0 Å². The van der Waals surface area contributed by atoms with Gasteiger partial charge in [-0.05, 0) is 18.9 Å². The van der Waals surface area contributed by atoms with Crippen molar-refractivity contribution in [1.82, 2.24) is 4.98 Å².